The number of ether oxygens (including phenoxy) is 1. The van der Waals surface area contributed by atoms with Crippen LogP contribution in [0.1, 0.15) is 25.7 Å². The summed E-state index contributed by atoms with van der Waals surface area (Å²) in [5.74, 6) is 0.270. The van der Waals surface area contributed by atoms with Gasteiger partial charge in [0.05, 0.1) is 24.1 Å². The van der Waals surface area contributed by atoms with E-state index in [1.807, 2.05) is 34.1 Å². The summed E-state index contributed by atoms with van der Waals surface area (Å²) in [7, 11) is 1.65. The standard InChI is InChI=1S/C20H27N5O3/c1-28-14-13-23-10-4-8-20(19(23)27)9-12-24(15-20)18(26)7-11-25-17-6-3-2-5-16(17)21-22-25/h2-3,5-6H,4,7-15H2,1H3. The zero-order chi connectivity index (χ0) is 19.6. The van der Waals surface area contributed by atoms with Crippen molar-refractivity contribution < 1.29 is 14.3 Å². The molecule has 0 N–H and O–H groups in total. The molecular formula is C20H27N5O3. The number of carbonyl (C=O) groups is 2. The van der Waals surface area contributed by atoms with Gasteiger partial charge in [-0.05, 0) is 31.4 Å². The minimum atomic E-state index is -0.401. The number of hydrogen-bond donors (Lipinski definition) is 0. The number of hydrogen-bond acceptors (Lipinski definition) is 5. The molecule has 28 heavy (non-hydrogen) atoms. The third-order valence-corrected chi connectivity index (χ3v) is 6.05. The lowest BCUT2D eigenvalue weighted by molar-refractivity contribution is -0.146. The first-order valence-corrected chi connectivity index (χ1v) is 9.97. The van der Waals surface area contributed by atoms with Crippen LogP contribution in [0, 0.1) is 5.41 Å². The molecule has 2 amide bonds. The van der Waals surface area contributed by atoms with Crippen molar-refractivity contribution in [2.24, 2.45) is 5.41 Å². The molecule has 2 aromatic rings. The first-order chi connectivity index (χ1) is 13.6. The summed E-state index contributed by atoms with van der Waals surface area (Å²) in [4.78, 5) is 29.6. The highest BCUT2D eigenvalue weighted by Crippen LogP contribution is 2.40. The normalized spacial score (nSPS) is 22.5. The van der Waals surface area contributed by atoms with Gasteiger partial charge >= 0.3 is 0 Å². The number of rotatable bonds is 6. The molecule has 150 valence electrons. The molecule has 0 radical (unpaired) electrons. The molecule has 8 nitrogen and oxygen atoms in total. The van der Waals surface area contributed by atoms with Gasteiger partial charge in [-0.1, -0.05) is 17.3 Å². The van der Waals surface area contributed by atoms with Crippen LogP contribution in [-0.2, 0) is 20.9 Å². The Morgan fingerprint density at radius 1 is 1.21 bits per heavy atom. The molecule has 2 fully saturated rings. The van der Waals surface area contributed by atoms with Crippen LogP contribution in [-0.4, -0.2) is 76.5 Å². The fraction of sp³-hybridized carbons (Fsp3) is 0.600. The highest BCUT2D eigenvalue weighted by Gasteiger charge is 2.49. The third-order valence-electron chi connectivity index (χ3n) is 6.05. The van der Waals surface area contributed by atoms with Crippen LogP contribution in [0.2, 0.25) is 0 Å². The molecule has 3 heterocycles. The summed E-state index contributed by atoms with van der Waals surface area (Å²) in [6.07, 6.45) is 2.98. The smallest absolute Gasteiger partial charge is 0.230 e. The van der Waals surface area contributed by atoms with Crippen molar-refractivity contribution in [1.82, 2.24) is 24.8 Å². The van der Waals surface area contributed by atoms with Crippen LogP contribution in [0.25, 0.3) is 11.0 Å². The van der Waals surface area contributed by atoms with Crippen molar-refractivity contribution in [2.75, 3.05) is 39.9 Å². The van der Waals surface area contributed by atoms with Crippen LogP contribution in [0.5, 0.6) is 0 Å². The van der Waals surface area contributed by atoms with Gasteiger partial charge in [0.25, 0.3) is 0 Å². The SMILES string of the molecule is COCCN1CCCC2(CCN(C(=O)CCn3nnc4ccccc43)C2)C1=O. The predicted molar refractivity (Wildman–Crippen MR) is 103 cm³/mol. The molecule has 0 saturated carbocycles. The number of fused-ring (bicyclic) bond motifs is 1. The monoisotopic (exact) mass is 385 g/mol. The van der Waals surface area contributed by atoms with Crippen molar-refractivity contribution in [3.8, 4) is 0 Å². The van der Waals surface area contributed by atoms with Crippen molar-refractivity contribution in [3.05, 3.63) is 24.3 Å². The van der Waals surface area contributed by atoms with E-state index in [9.17, 15) is 9.59 Å². The first kappa shape index (κ1) is 18.9. The highest BCUT2D eigenvalue weighted by atomic mass is 16.5. The van der Waals surface area contributed by atoms with Gasteiger partial charge in [-0.3, -0.25) is 9.59 Å². The first-order valence-electron chi connectivity index (χ1n) is 9.97. The number of piperidine rings is 1. The zero-order valence-corrected chi connectivity index (χ0v) is 16.3. The van der Waals surface area contributed by atoms with E-state index in [0.717, 1.165) is 36.8 Å². The van der Waals surface area contributed by atoms with E-state index in [-0.39, 0.29) is 11.8 Å². The fourth-order valence-corrected chi connectivity index (χ4v) is 4.47. The average molecular weight is 385 g/mol. The number of nitrogens with zero attached hydrogens (tertiary/aromatic N) is 5. The molecule has 1 atom stereocenters. The Hall–Kier alpha value is -2.48. The topological polar surface area (TPSA) is 80.6 Å². The van der Waals surface area contributed by atoms with Gasteiger partial charge in [0.2, 0.25) is 11.8 Å². The number of carbonyl (C=O) groups excluding carboxylic acids is 2. The minimum absolute atomic E-state index is 0.0817. The van der Waals surface area contributed by atoms with E-state index >= 15 is 0 Å². The lowest BCUT2D eigenvalue weighted by Gasteiger charge is -2.39. The summed E-state index contributed by atoms with van der Waals surface area (Å²) < 4.78 is 6.90. The Morgan fingerprint density at radius 2 is 2.07 bits per heavy atom. The van der Waals surface area contributed by atoms with Gasteiger partial charge in [-0.15, -0.1) is 5.10 Å². The second-order valence-corrected chi connectivity index (χ2v) is 7.79. The van der Waals surface area contributed by atoms with Crippen LogP contribution in [0.3, 0.4) is 0 Å². The lowest BCUT2D eigenvalue weighted by atomic mass is 9.78. The number of methoxy groups -OCH3 is 1. The second kappa shape index (κ2) is 7.87. The van der Waals surface area contributed by atoms with Gasteiger partial charge < -0.3 is 14.5 Å². The quantitative estimate of drug-likeness (QED) is 0.749. The Bertz CT molecular complexity index is 866. The second-order valence-electron chi connectivity index (χ2n) is 7.79. The Balaban J connectivity index is 1.37. The number of aromatic nitrogens is 3. The lowest BCUT2D eigenvalue weighted by Crippen LogP contribution is -2.51. The fourth-order valence-electron chi connectivity index (χ4n) is 4.47. The molecule has 2 aliphatic rings. The summed E-state index contributed by atoms with van der Waals surface area (Å²) in [6, 6.07) is 7.74. The summed E-state index contributed by atoms with van der Waals surface area (Å²) in [5.41, 5.74) is 1.37. The Kier molecular flexibility index (Phi) is 5.30. The molecule has 1 unspecified atom stereocenters. The van der Waals surface area contributed by atoms with Gasteiger partial charge in [0.15, 0.2) is 0 Å². The van der Waals surface area contributed by atoms with Crippen LogP contribution in [0.15, 0.2) is 24.3 Å². The van der Waals surface area contributed by atoms with Crippen molar-refractivity contribution in [1.29, 1.82) is 0 Å². The highest BCUT2D eigenvalue weighted by molar-refractivity contribution is 5.86. The molecule has 2 aliphatic heterocycles. The summed E-state index contributed by atoms with van der Waals surface area (Å²) >= 11 is 0. The predicted octanol–water partition coefficient (Wildman–Crippen LogP) is 1.31. The maximum absolute atomic E-state index is 13.0. The number of para-hydroxylation sites is 1. The Morgan fingerprint density at radius 3 is 2.93 bits per heavy atom. The number of amides is 2. The maximum atomic E-state index is 13.0. The average Bonchev–Trinajstić information content (AvgIpc) is 3.33. The van der Waals surface area contributed by atoms with Crippen LogP contribution >= 0.6 is 0 Å². The molecule has 8 heteroatoms. The molecule has 2 saturated heterocycles. The van der Waals surface area contributed by atoms with Crippen molar-refractivity contribution in [3.63, 3.8) is 0 Å². The van der Waals surface area contributed by atoms with Gasteiger partial charge in [0, 0.05) is 39.7 Å². The Labute approximate surface area is 164 Å². The molecule has 1 aromatic carbocycles. The molecule has 0 bridgehead atoms. The summed E-state index contributed by atoms with van der Waals surface area (Å²) in [6.45, 7) is 3.65. The molecule has 1 spiro atoms. The van der Waals surface area contributed by atoms with E-state index in [0.29, 0.717) is 39.2 Å². The van der Waals surface area contributed by atoms with Gasteiger partial charge in [-0.2, -0.15) is 0 Å². The third kappa shape index (κ3) is 3.48. The largest absolute Gasteiger partial charge is 0.383 e. The zero-order valence-electron chi connectivity index (χ0n) is 16.3. The molecule has 4 rings (SSSR count). The molecule has 1 aromatic heterocycles. The van der Waals surface area contributed by atoms with Crippen LogP contribution in [0.4, 0.5) is 0 Å². The molecule has 0 aliphatic carbocycles. The van der Waals surface area contributed by atoms with Crippen LogP contribution < -0.4 is 0 Å². The van der Waals surface area contributed by atoms with E-state index in [1.54, 1.807) is 11.8 Å². The minimum Gasteiger partial charge on any atom is -0.383 e. The number of aryl methyl sites for hydroxylation is 1. The molecular weight excluding hydrogens is 358 g/mol. The van der Waals surface area contributed by atoms with E-state index in [1.165, 1.54) is 0 Å². The van der Waals surface area contributed by atoms with Crippen molar-refractivity contribution in [2.45, 2.75) is 32.2 Å². The van der Waals surface area contributed by atoms with Crippen molar-refractivity contribution >= 4 is 22.8 Å². The summed E-state index contributed by atoms with van der Waals surface area (Å²) in [5, 5.41) is 8.28. The number of likely N-dealkylation sites (tertiary alicyclic amines) is 2. The number of benzene rings is 1. The van der Waals surface area contributed by atoms with Gasteiger partial charge in [0.1, 0.15) is 5.52 Å². The van der Waals surface area contributed by atoms with Gasteiger partial charge in [-0.25, -0.2) is 4.68 Å². The van der Waals surface area contributed by atoms with E-state index < -0.39 is 5.41 Å². The van der Waals surface area contributed by atoms with E-state index in [2.05, 4.69) is 10.3 Å². The van der Waals surface area contributed by atoms with E-state index in [4.69, 9.17) is 4.74 Å². The maximum Gasteiger partial charge on any atom is 0.230 e.